The molecule has 0 unspecified atom stereocenters. The number of hydrogen-bond donors (Lipinski definition) is 4. The van der Waals surface area contributed by atoms with Crippen LogP contribution in [0, 0.1) is 11.8 Å². The Morgan fingerprint density at radius 1 is 1.03 bits per heavy atom. The number of aliphatic hydroxyl groups excluding tert-OH is 1. The van der Waals surface area contributed by atoms with Crippen LogP contribution in [-0.4, -0.2) is 53.2 Å². The van der Waals surface area contributed by atoms with E-state index in [1.807, 2.05) is 72.9 Å². The zero-order chi connectivity index (χ0) is 27.6. The first kappa shape index (κ1) is 28.1. The Kier molecular flexibility index (Phi) is 9.91. The van der Waals surface area contributed by atoms with Gasteiger partial charge in [0.2, 0.25) is 11.8 Å². The van der Waals surface area contributed by atoms with Crippen molar-refractivity contribution in [3.8, 4) is 0 Å². The molecule has 4 atom stereocenters. The molecule has 39 heavy (non-hydrogen) atoms. The van der Waals surface area contributed by atoms with E-state index in [4.69, 9.17) is 4.74 Å². The number of hydrogen-bond acceptors (Lipinski definition) is 5. The zero-order valence-electron chi connectivity index (χ0n) is 22.3. The summed E-state index contributed by atoms with van der Waals surface area (Å²) in [6.07, 6.45) is 7.52. The lowest BCUT2D eigenvalue weighted by molar-refractivity contribution is -0.150. The van der Waals surface area contributed by atoms with Gasteiger partial charge in [-0.05, 0) is 49.8 Å². The second kappa shape index (κ2) is 13.8. The fourth-order valence-corrected chi connectivity index (χ4v) is 4.91. The molecule has 2 amide bonds. The molecule has 0 radical (unpaired) electrons. The monoisotopic (exact) mass is 531 g/mol. The largest absolute Gasteiger partial charge is 0.463 e. The van der Waals surface area contributed by atoms with Crippen molar-refractivity contribution in [2.75, 3.05) is 13.2 Å². The van der Waals surface area contributed by atoms with Crippen LogP contribution in [0.4, 0.5) is 0 Å². The quantitative estimate of drug-likeness (QED) is 0.262. The normalized spacial score (nSPS) is 21.3. The maximum Gasteiger partial charge on any atom is 0.309 e. The topological polar surface area (TPSA) is 121 Å². The number of aromatic amines is 1. The van der Waals surface area contributed by atoms with Gasteiger partial charge in [-0.1, -0.05) is 60.7 Å². The molecular formula is C31H37N3O5. The van der Waals surface area contributed by atoms with E-state index in [0.29, 0.717) is 25.7 Å². The van der Waals surface area contributed by atoms with E-state index in [1.54, 1.807) is 6.92 Å². The van der Waals surface area contributed by atoms with Gasteiger partial charge in [0.25, 0.3) is 0 Å². The van der Waals surface area contributed by atoms with Crippen molar-refractivity contribution in [1.29, 1.82) is 0 Å². The number of amides is 2. The minimum absolute atomic E-state index is 0.00640. The number of rotatable bonds is 8. The molecule has 1 aliphatic heterocycles. The summed E-state index contributed by atoms with van der Waals surface area (Å²) in [5.74, 6) is -1.82. The van der Waals surface area contributed by atoms with E-state index >= 15 is 0 Å². The fraction of sp³-hybridized carbons (Fsp3) is 0.387. The van der Waals surface area contributed by atoms with Crippen LogP contribution >= 0.6 is 0 Å². The highest BCUT2D eigenvalue weighted by Gasteiger charge is 2.27. The summed E-state index contributed by atoms with van der Waals surface area (Å²) in [5, 5.41) is 16.1. The van der Waals surface area contributed by atoms with Gasteiger partial charge in [-0.25, -0.2) is 0 Å². The number of fused-ring (bicyclic) bond motifs is 1. The number of aliphatic hydroxyl groups is 1. The molecule has 0 spiro atoms. The molecule has 3 aromatic rings. The van der Waals surface area contributed by atoms with Crippen LogP contribution in [0.3, 0.4) is 0 Å². The molecule has 2 heterocycles. The number of H-pyrrole nitrogens is 1. The van der Waals surface area contributed by atoms with Gasteiger partial charge >= 0.3 is 5.97 Å². The van der Waals surface area contributed by atoms with Gasteiger partial charge < -0.3 is 25.5 Å². The fourth-order valence-electron chi connectivity index (χ4n) is 4.91. The van der Waals surface area contributed by atoms with E-state index in [9.17, 15) is 19.5 Å². The average molecular weight is 532 g/mol. The zero-order valence-corrected chi connectivity index (χ0v) is 22.3. The summed E-state index contributed by atoms with van der Waals surface area (Å²) in [5.41, 5.74) is 3.05. The van der Waals surface area contributed by atoms with Crippen molar-refractivity contribution in [3.05, 3.63) is 84.1 Å². The highest BCUT2D eigenvalue weighted by molar-refractivity contribution is 5.87. The highest BCUT2D eigenvalue weighted by Crippen LogP contribution is 2.22. The van der Waals surface area contributed by atoms with E-state index < -0.39 is 18.0 Å². The number of allylic oxidation sites excluding steroid dienone is 2. The molecule has 1 aliphatic rings. The Morgan fingerprint density at radius 2 is 1.74 bits per heavy atom. The van der Waals surface area contributed by atoms with Crippen molar-refractivity contribution in [3.63, 3.8) is 0 Å². The summed E-state index contributed by atoms with van der Waals surface area (Å²) in [6.45, 7) is 1.56. The molecule has 206 valence electrons. The van der Waals surface area contributed by atoms with E-state index in [2.05, 4.69) is 15.6 Å². The number of nitrogens with one attached hydrogen (secondary N) is 3. The number of para-hydroxylation sites is 1. The van der Waals surface area contributed by atoms with Crippen molar-refractivity contribution in [2.45, 2.75) is 51.1 Å². The lowest BCUT2D eigenvalue weighted by Crippen LogP contribution is -2.45. The summed E-state index contributed by atoms with van der Waals surface area (Å²) < 4.78 is 5.80. The van der Waals surface area contributed by atoms with Crippen molar-refractivity contribution >= 4 is 28.7 Å². The van der Waals surface area contributed by atoms with Crippen LogP contribution in [0.1, 0.15) is 37.3 Å². The predicted octanol–water partition coefficient (Wildman–Crippen LogP) is 3.45. The minimum atomic E-state index is -0.597. The summed E-state index contributed by atoms with van der Waals surface area (Å²) in [7, 11) is 0. The molecular weight excluding hydrogens is 494 g/mol. The van der Waals surface area contributed by atoms with Crippen LogP contribution in [-0.2, 0) is 32.0 Å². The van der Waals surface area contributed by atoms with Gasteiger partial charge in [-0.3, -0.25) is 14.4 Å². The number of cyclic esters (lactones) is 1. The maximum atomic E-state index is 13.4. The van der Waals surface area contributed by atoms with Gasteiger partial charge in [0.05, 0.1) is 24.5 Å². The Morgan fingerprint density at radius 3 is 2.51 bits per heavy atom. The number of carbonyl (C=O) groups is 3. The highest BCUT2D eigenvalue weighted by atomic mass is 16.5. The Hall–Kier alpha value is -3.91. The lowest BCUT2D eigenvalue weighted by atomic mass is 9.94. The third-order valence-corrected chi connectivity index (χ3v) is 7.06. The minimum Gasteiger partial charge on any atom is -0.463 e. The summed E-state index contributed by atoms with van der Waals surface area (Å²) in [4.78, 5) is 42.4. The second-order valence-electron chi connectivity index (χ2n) is 10.3. The van der Waals surface area contributed by atoms with Gasteiger partial charge in [-0.15, -0.1) is 0 Å². The van der Waals surface area contributed by atoms with Crippen LogP contribution in [0.2, 0.25) is 0 Å². The molecule has 8 heteroatoms. The number of aromatic nitrogens is 1. The Bertz CT molecular complexity index is 1290. The first-order chi connectivity index (χ1) is 18.9. The molecule has 0 saturated heterocycles. The molecule has 4 N–H and O–H groups in total. The van der Waals surface area contributed by atoms with Crippen molar-refractivity contribution in [2.24, 2.45) is 11.8 Å². The second-order valence-corrected chi connectivity index (χ2v) is 10.3. The Labute approximate surface area is 228 Å². The van der Waals surface area contributed by atoms with Crippen LogP contribution in [0.25, 0.3) is 10.9 Å². The molecule has 2 aromatic carbocycles. The SMILES string of the molecule is C[C@@H](CO)NC(=O)C[C@H]1CC=CC[C@@H](Cc2ccccc2)C(=O)OC[C@H](Cc2c[nH]c3ccccc23)NC1=O. The van der Waals surface area contributed by atoms with Crippen LogP contribution in [0.5, 0.6) is 0 Å². The molecule has 0 saturated carbocycles. The number of esters is 1. The first-order valence-corrected chi connectivity index (χ1v) is 13.5. The Balaban J connectivity index is 1.56. The van der Waals surface area contributed by atoms with Crippen molar-refractivity contribution in [1.82, 2.24) is 15.6 Å². The molecule has 0 aliphatic carbocycles. The predicted molar refractivity (Wildman–Crippen MR) is 150 cm³/mol. The molecule has 4 rings (SSSR count). The third kappa shape index (κ3) is 8.04. The summed E-state index contributed by atoms with van der Waals surface area (Å²) >= 11 is 0. The maximum absolute atomic E-state index is 13.4. The van der Waals surface area contributed by atoms with Gasteiger partial charge in [0.15, 0.2) is 0 Å². The number of benzene rings is 2. The molecule has 1 aromatic heterocycles. The molecule has 0 fully saturated rings. The summed E-state index contributed by atoms with van der Waals surface area (Å²) in [6, 6.07) is 16.9. The van der Waals surface area contributed by atoms with E-state index in [0.717, 1.165) is 22.0 Å². The van der Waals surface area contributed by atoms with E-state index in [-0.39, 0.29) is 43.3 Å². The first-order valence-electron chi connectivity index (χ1n) is 13.5. The number of ether oxygens (including phenoxy) is 1. The van der Waals surface area contributed by atoms with Gasteiger partial charge in [-0.2, -0.15) is 0 Å². The van der Waals surface area contributed by atoms with Crippen molar-refractivity contribution < 1.29 is 24.2 Å². The molecule has 0 bridgehead atoms. The average Bonchev–Trinajstić information content (AvgIpc) is 3.35. The van der Waals surface area contributed by atoms with Gasteiger partial charge in [0.1, 0.15) is 6.61 Å². The third-order valence-electron chi connectivity index (χ3n) is 7.06. The molecule has 8 nitrogen and oxygen atoms in total. The standard InChI is InChI=1S/C31H37N3O5/c1-21(19-35)33-29(36)17-23-11-5-6-12-24(15-22-9-3-2-4-10-22)31(38)39-20-26(34-30(23)37)16-25-18-32-28-14-8-7-13-27(25)28/h2-10,13-14,18,21,23-24,26,32,35H,11-12,15-17,19-20H2,1H3,(H,33,36)(H,34,37)/t21-,23+,24-,26-/m0/s1. The van der Waals surface area contributed by atoms with E-state index in [1.165, 1.54) is 0 Å². The smallest absolute Gasteiger partial charge is 0.309 e. The number of carbonyl (C=O) groups excluding carboxylic acids is 3. The van der Waals surface area contributed by atoms with Crippen LogP contribution < -0.4 is 10.6 Å². The van der Waals surface area contributed by atoms with Gasteiger partial charge in [0, 0.05) is 29.6 Å². The lowest BCUT2D eigenvalue weighted by Gasteiger charge is -2.24. The van der Waals surface area contributed by atoms with Crippen LogP contribution in [0.15, 0.2) is 72.9 Å².